The van der Waals surface area contributed by atoms with Crippen LogP contribution in [0.5, 0.6) is 5.75 Å². The largest absolute Gasteiger partial charge is 0.495 e. The zero-order valence-electron chi connectivity index (χ0n) is 16.5. The number of nitrogens with one attached hydrogen (secondary N) is 2. The molecule has 8 heteroatoms. The average Bonchev–Trinajstić information content (AvgIpc) is 2.71. The Bertz CT molecular complexity index is 1020. The van der Waals surface area contributed by atoms with Gasteiger partial charge in [-0.15, -0.1) is 0 Å². The number of carbonyl (C=O) groups excluding carboxylic acids is 1. The van der Waals surface area contributed by atoms with Crippen LogP contribution in [-0.4, -0.2) is 29.7 Å². The highest BCUT2D eigenvalue weighted by molar-refractivity contribution is 5.91. The lowest BCUT2D eigenvalue weighted by Gasteiger charge is -2.15. The summed E-state index contributed by atoms with van der Waals surface area (Å²) in [5.74, 6) is 1.13. The lowest BCUT2D eigenvalue weighted by Crippen LogP contribution is -2.07. The third-order valence-electron chi connectivity index (χ3n) is 4.13. The number of ether oxygens (including phenoxy) is 2. The number of anilines is 5. The van der Waals surface area contributed by atoms with Crippen molar-refractivity contribution >= 4 is 34.7 Å². The molecule has 0 saturated carbocycles. The minimum atomic E-state index is -0.388. The molecule has 150 valence electrons. The van der Waals surface area contributed by atoms with Crippen molar-refractivity contribution in [2.24, 2.45) is 0 Å². The van der Waals surface area contributed by atoms with E-state index in [4.69, 9.17) is 15.2 Å². The molecule has 2 aromatic carbocycles. The Morgan fingerprint density at radius 1 is 1.10 bits per heavy atom. The second-order valence-electron chi connectivity index (χ2n) is 6.24. The standard InChI is InChI=1S/C21H23N5O3/c1-4-29-21(27)14-6-5-7-15(11-14)25-19-18(22)20(24-12-23-19)26-16-10-13(2)8-9-17(16)28-3/h5-12H,4,22H2,1-3H3,(H2,23,24,25,26). The molecule has 3 aromatic rings. The van der Waals surface area contributed by atoms with E-state index >= 15 is 0 Å². The van der Waals surface area contributed by atoms with Gasteiger partial charge in [-0.05, 0) is 49.7 Å². The number of nitrogens with zero attached hydrogens (tertiary/aromatic N) is 2. The fourth-order valence-electron chi connectivity index (χ4n) is 2.72. The summed E-state index contributed by atoms with van der Waals surface area (Å²) in [6, 6.07) is 12.7. The molecule has 0 atom stereocenters. The lowest BCUT2D eigenvalue weighted by molar-refractivity contribution is 0.0526. The molecule has 1 aromatic heterocycles. The lowest BCUT2D eigenvalue weighted by atomic mass is 10.2. The minimum absolute atomic E-state index is 0.312. The summed E-state index contributed by atoms with van der Waals surface area (Å²) in [6.45, 7) is 4.06. The third-order valence-corrected chi connectivity index (χ3v) is 4.13. The maximum absolute atomic E-state index is 11.9. The van der Waals surface area contributed by atoms with Gasteiger partial charge < -0.3 is 25.8 Å². The predicted molar refractivity (Wildman–Crippen MR) is 113 cm³/mol. The van der Waals surface area contributed by atoms with Gasteiger partial charge in [0.2, 0.25) is 0 Å². The summed E-state index contributed by atoms with van der Waals surface area (Å²) in [6.07, 6.45) is 1.40. The second-order valence-corrected chi connectivity index (χ2v) is 6.24. The SMILES string of the molecule is CCOC(=O)c1cccc(Nc2ncnc(Nc3cc(C)ccc3OC)c2N)c1. The number of nitrogen functional groups attached to an aromatic ring is 1. The van der Waals surface area contributed by atoms with Gasteiger partial charge in [-0.1, -0.05) is 12.1 Å². The number of rotatable bonds is 7. The first-order valence-corrected chi connectivity index (χ1v) is 9.08. The summed E-state index contributed by atoms with van der Waals surface area (Å²) in [7, 11) is 1.60. The highest BCUT2D eigenvalue weighted by atomic mass is 16.5. The topological polar surface area (TPSA) is 111 Å². The normalized spacial score (nSPS) is 10.3. The molecule has 0 bridgehead atoms. The summed E-state index contributed by atoms with van der Waals surface area (Å²) in [4.78, 5) is 20.4. The van der Waals surface area contributed by atoms with Gasteiger partial charge in [0.1, 0.15) is 17.8 Å². The quantitative estimate of drug-likeness (QED) is 0.516. The molecule has 0 aliphatic rings. The highest BCUT2D eigenvalue weighted by Gasteiger charge is 2.13. The average molecular weight is 393 g/mol. The van der Waals surface area contributed by atoms with Gasteiger partial charge in [0.05, 0.1) is 25.0 Å². The Hall–Kier alpha value is -3.81. The van der Waals surface area contributed by atoms with Crippen molar-refractivity contribution in [1.29, 1.82) is 0 Å². The van der Waals surface area contributed by atoms with E-state index in [0.29, 0.717) is 40.9 Å². The number of esters is 1. The van der Waals surface area contributed by atoms with Crippen LogP contribution >= 0.6 is 0 Å². The number of hydrogen-bond acceptors (Lipinski definition) is 8. The molecule has 0 saturated heterocycles. The molecule has 0 fully saturated rings. The second kappa shape index (κ2) is 8.92. The predicted octanol–water partition coefficient (Wildman–Crippen LogP) is 4.04. The van der Waals surface area contributed by atoms with Gasteiger partial charge >= 0.3 is 5.97 Å². The van der Waals surface area contributed by atoms with E-state index in [0.717, 1.165) is 11.3 Å². The number of benzene rings is 2. The van der Waals surface area contributed by atoms with E-state index in [1.807, 2.05) is 25.1 Å². The number of hydrogen-bond donors (Lipinski definition) is 3. The molecule has 0 aliphatic carbocycles. The van der Waals surface area contributed by atoms with Crippen molar-refractivity contribution in [2.45, 2.75) is 13.8 Å². The van der Waals surface area contributed by atoms with E-state index in [1.54, 1.807) is 38.3 Å². The van der Waals surface area contributed by atoms with Gasteiger partial charge in [0.25, 0.3) is 0 Å². The molecule has 29 heavy (non-hydrogen) atoms. The highest BCUT2D eigenvalue weighted by Crippen LogP contribution is 2.32. The first-order chi connectivity index (χ1) is 14.0. The van der Waals surface area contributed by atoms with E-state index in [2.05, 4.69) is 20.6 Å². The van der Waals surface area contributed by atoms with Crippen molar-refractivity contribution in [3.8, 4) is 5.75 Å². The molecule has 8 nitrogen and oxygen atoms in total. The van der Waals surface area contributed by atoms with Crippen molar-refractivity contribution in [3.05, 3.63) is 59.9 Å². The third kappa shape index (κ3) is 4.73. The fourth-order valence-corrected chi connectivity index (χ4v) is 2.72. The van der Waals surface area contributed by atoms with Crippen LogP contribution in [0.25, 0.3) is 0 Å². The molecule has 1 heterocycles. The smallest absolute Gasteiger partial charge is 0.338 e. The number of methoxy groups -OCH3 is 1. The van der Waals surface area contributed by atoms with Gasteiger partial charge in [-0.3, -0.25) is 0 Å². The van der Waals surface area contributed by atoms with Crippen LogP contribution in [0.4, 0.5) is 28.7 Å². The van der Waals surface area contributed by atoms with Crippen LogP contribution in [0.3, 0.4) is 0 Å². The molecule has 4 N–H and O–H groups in total. The van der Waals surface area contributed by atoms with E-state index in [1.165, 1.54) is 6.33 Å². The molecule has 0 unspecified atom stereocenters. The van der Waals surface area contributed by atoms with Crippen LogP contribution in [0, 0.1) is 6.92 Å². The monoisotopic (exact) mass is 393 g/mol. The zero-order valence-corrected chi connectivity index (χ0v) is 16.5. The van der Waals surface area contributed by atoms with Gasteiger partial charge in [-0.2, -0.15) is 0 Å². The van der Waals surface area contributed by atoms with Crippen molar-refractivity contribution in [2.75, 3.05) is 30.1 Å². The number of carbonyl (C=O) groups is 1. The van der Waals surface area contributed by atoms with E-state index in [-0.39, 0.29) is 5.97 Å². The molecule has 0 radical (unpaired) electrons. The minimum Gasteiger partial charge on any atom is -0.495 e. The summed E-state index contributed by atoms with van der Waals surface area (Å²) < 4.78 is 10.4. The molecular formula is C21H23N5O3. The number of aryl methyl sites for hydroxylation is 1. The number of nitrogens with two attached hydrogens (primary N) is 1. The Balaban J connectivity index is 1.86. The van der Waals surface area contributed by atoms with E-state index < -0.39 is 0 Å². The Labute approximate surface area is 169 Å². The Kier molecular flexibility index (Phi) is 6.13. The van der Waals surface area contributed by atoms with Crippen molar-refractivity contribution in [1.82, 2.24) is 9.97 Å². The zero-order chi connectivity index (χ0) is 20.8. The first-order valence-electron chi connectivity index (χ1n) is 9.08. The maximum atomic E-state index is 11.9. The van der Waals surface area contributed by atoms with Crippen LogP contribution in [0.1, 0.15) is 22.8 Å². The van der Waals surface area contributed by atoms with Gasteiger partial charge in [0.15, 0.2) is 11.6 Å². The molecular weight excluding hydrogens is 370 g/mol. The van der Waals surface area contributed by atoms with Crippen LogP contribution < -0.4 is 21.1 Å². The van der Waals surface area contributed by atoms with Gasteiger partial charge in [-0.25, -0.2) is 14.8 Å². The van der Waals surface area contributed by atoms with Crippen LogP contribution in [0.15, 0.2) is 48.8 Å². The Morgan fingerprint density at radius 2 is 1.86 bits per heavy atom. The van der Waals surface area contributed by atoms with Crippen molar-refractivity contribution < 1.29 is 14.3 Å². The summed E-state index contributed by atoms with van der Waals surface area (Å²) >= 11 is 0. The van der Waals surface area contributed by atoms with Crippen molar-refractivity contribution in [3.63, 3.8) is 0 Å². The van der Waals surface area contributed by atoms with E-state index in [9.17, 15) is 4.79 Å². The summed E-state index contributed by atoms with van der Waals surface area (Å²) in [5.41, 5.74) is 9.50. The molecule has 0 amide bonds. The van der Waals surface area contributed by atoms with Crippen LogP contribution in [0.2, 0.25) is 0 Å². The maximum Gasteiger partial charge on any atom is 0.338 e. The van der Waals surface area contributed by atoms with Crippen LogP contribution in [-0.2, 0) is 4.74 Å². The first kappa shape index (κ1) is 19.9. The summed E-state index contributed by atoms with van der Waals surface area (Å²) in [5, 5.41) is 6.31. The molecule has 3 rings (SSSR count). The van der Waals surface area contributed by atoms with Gasteiger partial charge in [0, 0.05) is 5.69 Å². The molecule has 0 aliphatic heterocycles. The molecule has 0 spiro atoms. The fraction of sp³-hybridized carbons (Fsp3) is 0.190. The Morgan fingerprint density at radius 3 is 2.59 bits per heavy atom. The number of aromatic nitrogens is 2.